The quantitative estimate of drug-likeness (QED) is 0.760. The van der Waals surface area contributed by atoms with Gasteiger partial charge in [0.2, 0.25) is 0 Å². The molecule has 0 aliphatic carbocycles. The second-order valence-electron chi connectivity index (χ2n) is 5.71. The first-order valence-electron chi connectivity index (χ1n) is 6.07. The SMILES string of the molecule is CN(C)CCCN1CCC(N)CC1(C)C. The highest BCUT2D eigenvalue weighted by molar-refractivity contribution is 4.90. The molecule has 3 nitrogen and oxygen atoms in total. The van der Waals surface area contributed by atoms with Crippen LogP contribution in [0.3, 0.4) is 0 Å². The zero-order valence-electron chi connectivity index (χ0n) is 10.8. The van der Waals surface area contributed by atoms with Gasteiger partial charge in [0, 0.05) is 18.1 Å². The molecule has 0 aromatic carbocycles. The molecule has 1 unspecified atom stereocenters. The Bertz CT molecular complexity index is 189. The molecule has 3 heteroatoms. The standard InChI is InChI=1S/C12H27N3/c1-12(2)10-11(13)6-9-15(12)8-5-7-14(3)4/h11H,5-10,13H2,1-4H3. The fraction of sp³-hybridized carbons (Fsp3) is 1.00. The first kappa shape index (κ1) is 12.9. The monoisotopic (exact) mass is 213 g/mol. The van der Waals surface area contributed by atoms with Crippen molar-refractivity contribution in [1.82, 2.24) is 9.80 Å². The maximum absolute atomic E-state index is 6.01. The Kier molecular flexibility index (Phi) is 4.56. The molecule has 0 saturated carbocycles. The van der Waals surface area contributed by atoms with Crippen LogP contribution in [0.25, 0.3) is 0 Å². The lowest BCUT2D eigenvalue weighted by Gasteiger charge is -2.45. The summed E-state index contributed by atoms with van der Waals surface area (Å²) in [4.78, 5) is 4.85. The Morgan fingerprint density at radius 3 is 2.60 bits per heavy atom. The number of nitrogens with two attached hydrogens (primary N) is 1. The summed E-state index contributed by atoms with van der Waals surface area (Å²) in [5.74, 6) is 0. The lowest BCUT2D eigenvalue weighted by atomic mass is 9.87. The Morgan fingerprint density at radius 1 is 1.40 bits per heavy atom. The van der Waals surface area contributed by atoms with Gasteiger partial charge in [0.05, 0.1) is 0 Å². The summed E-state index contributed by atoms with van der Waals surface area (Å²) in [5, 5.41) is 0. The summed E-state index contributed by atoms with van der Waals surface area (Å²) in [6, 6.07) is 0.407. The summed E-state index contributed by atoms with van der Waals surface area (Å²) < 4.78 is 0. The van der Waals surface area contributed by atoms with Gasteiger partial charge in [-0.25, -0.2) is 0 Å². The predicted octanol–water partition coefficient (Wildman–Crippen LogP) is 1.14. The van der Waals surface area contributed by atoms with Crippen LogP contribution in [0, 0.1) is 0 Å². The zero-order valence-corrected chi connectivity index (χ0v) is 10.8. The number of piperidine rings is 1. The third-order valence-electron chi connectivity index (χ3n) is 3.42. The maximum Gasteiger partial charge on any atom is 0.0168 e. The predicted molar refractivity (Wildman–Crippen MR) is 66.0 cm³/mol. The van der Waals surface area contributed by atoms with E-state index in [1.54, 1.807) is 0 Å². The van der Waals surface area contributed by atoms with E-state index < -0.39 is 0 Å². The van der Waals surface area contributed by atoms with Crippen LogP contribution in [-0.4, -0.2) is 55.1 Å². The third kappa shape index (κ3) is 4.09. The average molecular weight is 213 g/mol. The minimum atomic E-state index is 0.296. The fourth-order valence-electron chi connectivity index (χ4n) is 2.49. The van der Waals surface area contributed by atoms with Gasteiger partial charge >= 0.3 is 0 Å². The molecule has 15 heavy (non-hydrogen) atoms. The molecule has 0 bridgehead atoms. The first-order chi connectivity index (χ1) is 6.92. The van der Waals surface area contributed by atoms with Crippen molar-refractivity contribution in [3.05, 3.63) is 0 Å². The molecule has 0 amide bonds. The van der Waals surface area contributed by atoms with Crippen LogP contribution in [0.2, 0.25) is 0 Å². The van der Waals surface area contributed by atoms with Gasteiger partial charge in [-0.3, -0.25) is 4.90 Å². The molecule has 0 radical (unpaired) electrons. The Labute approximate surface area is 94.6 Å². The molecule has 90 valence electrons. The van der Waals surface area contributed by atoms with Gasteiger partial charge in [-0.1, -0.05) is 0 Å². The normalized spacial score (nSPS) is 27.2. The van der Waals surface area contributed by atoms with Crippen LogP contribution in [-0.2, 0) is 0 Å². The Hall–Kier alpha value is -0.120. The van der Waals surface area contributed by atoms with Crippen LogP contribution in [0.1, 0.15) is 33.1 Å². The van der Waals surface area contributed by atoms with E-state index in [4.69, 9.17) is 5.73 Å². The van der Waals surface area contributed by atoms with Gasteiger partial charge in [-0.05, 0) is 60.3 Å². The van der Waals surface area contributed by atoms with Crippen LogP contribution in [0.15, 0.2) is 0 Å². The second kappa shape index (κ2) is 5.28. The molecule has 1 aliphatic heterocycles. The Balaban J connectivity index is 2.34. The molecule has 1 atom stereocenters. The highest BCUT2D eigenvalue weighted by Crippen LogP contribution is 2.26. The summed E-state index contributed by atoms with van der Waals surface area (Å²) in [7, 11) is 4.27. The minimum absolute atomic E-state index is 0.296. The number of rotatable bonds is 4. The largest absolute Gasteiger partial charge is 0.328 e. The zero-order chi connectivity index (χ0) is 11.5. The van der Waals surface area contributed by atoms with Crippen molar-refractivity contribution in [3.8, 4) is 0 Å². The van der Waals surface area contributed by atoms with Crippen molar-refractivity contribution in [1.29, 1.82) is 0 Å². The number of hydrogen-bond donors (Lipinski definition) is 1. The van der Waals surface area contributed by atoms with Crippen LogP contribution < -0.4 is 5.73 Å². The molecule has 1 aliphatic rings. The van der Waals surface area contributed by atoms with Crippen molar-refractivity contribution in [2.45, 2.75) is 44.7 Å². The maximum atomic E-state index is 6.01. The molecule has 0 aromatic rings. The van der Waals surface area contributed by atoms with Crippen molar-refractivity contribution in [2.24, 2.45) is 5.73 Å². The van der Waals surface area contributed by atoms with Crippen LogP contribution in [0.4, 0.5) is 0 Å². The summed E-state index contributed by atoms with van der Waals surface area (Å²) >= 11 is 0. The highest BCUT2D eigenvalue weighted by atomic mass is 15.2. The first-order valence-corrected chi connectivity index (χ1v) is 6.07. The summed E-state index contributed by atoms with van der Waals surface area (Å²) in [5.41, 5.74) is 6.31. The molecule has 0 spiro atoms. The number of hydrogen-bond acceptors (Lipinski definition) is 3. The number of nitrogens with zero attached hydrogens (tertiary/aromatic N) is 2. The topological polar surface area (TPSA) is 32.5 Å². The molecule has 2 N–H and O–H groups in total. The smallest absolute Gasteiger partial charge is 0.0168 e. The van der Waals surface area contributed by atoms with Crippen molar-refractivity contribution < 1.29 is 0 Å². The Morgan fingerprint density at radius 2 is 2.07 bits per heavy atom. The highest BCUT2D eigenvalue weighted by Gasteiger charge is 2.32. The molecule has 0 aromatic heterocycles. The van der Waals surface area contributed by atoms with E-state index in [0.29, 0.717) is 11.6 Å². The van der Waals surface area contributed by atoms with E-state index in [-0.39, 0.29) is 0 Å². The molecular formula is C12H27N3. The fourth-order valence-corrected chi connectivity index (χ4v) is 2.49. The van der Waals surface area contributed by atoms with E-state index in [1.807, 2.05) is 0 Å². The second-order valence-corrected chi connectivity index (χ2v) is 5.71. The molecular weight excluding hydrogens is 186 g/mol. The van der Waals surface area contributed by atoms with Crippen molar-refractivity contribution >= 4 is 0 Å². The molecule has 1 heterocycles. The molecule has 1 saturated heterocycles. The van der Waals surface area contributed by atoms with E-state index in [2.05, 4.69) is 37.7 Å². The molecule has 1 fully saturated rings. The van der Waals surface area contributed by atoms with Gasteiger partial charge in [0.25, 0.3) is 0 Å². The van der Waals surface area contributed by atoms with Gasteiger partial charge in [-0.2, -0.15) is 0 Å². The lowest BCUT2D eigenvalue weighted by Crippen LogP contribution is -2.53. The lowest BCUT2D eigenvalue weighted by molar-refractivity contribution is 0.0638. The number of likely N-dealkylation sites (tertiary alicyclic amines) is 1. The molecule has 1 rings (SSSR count). The summed E-state index contributed by atoms with van der Waals surface area (Å²) in [6.07, 6.45) is 3.55. The van der Waals surface area contributed by atoms with Gasteiger partial charge in [-0.15, -0.1) is 0 Å². The van der Waals surface area contributed by atoms with E-state index in [0.717, 1.165) is 12.8 Å². The van der Waals surface area contributed by atoms with E-state index in [9.17, 15) is 0 Å². The van der Waals surface area contributed by atoms with Crippen LogP contribution >= 0.6 is 0 Å². The summed E-state index contributed by atoms with van der Waals surface area (Å²) in [6.45, 7) is 8.20. The third-order valence-corrected chi connectivity index (χ3v) is 3.42. The van der Waals surface area contributed by atoms with Gasteiger partial charge in [0.15, 0.2) is 0 Å². The van der Waals surface area contributed by atoms with Crippen molar-refractivity contribution in [2.75, 3.05) is 33.7 Å². The van der Waals surface area contributed by atoms with E-state index >= 15 is 0 Å². The van der Waals surface area contributed by atoms with Gasteiger partial charge in [0.1, 0.15) is 0 Å². The van der Waals surface area contributed by atoms with Crippen LogP contribution in [0.5, 0.6) is 0 Å². The van der Waals surface area contributed by atoms with Crippen molar-refractivity contribution in [3.63, 3.8) is 0 Å². The van der Waals surface area contributed by atoms with Gasteiger partial charge < -0.3 is 10.6 Å². The minimum Gasteiger partial charge on any atom is -0.328 e. The average Bonchev–Trinajstić information content (AvgIpc) is 2.07. The van der Waals surface area contributed by atoms with E-state index in [1.165, 1.54) is 26.1 Å².